The van der Waals surface area contributed by atoms with Gasteiger partial charge in [-0.15, -0.1) is 0 Å². The fourth-order valence-electron chi connectivity index (χ4n) is 3.18. The Hall–Kier alpha value is -2.18. The summed E-state index contributed by atoms with van der Waals surface area (Å²) < 4.78 is 83.7. The van der Waals surface area contributed by atoms with E-state index in [-0.39, 0.29) is 17.7 Å². The summed E-state index contributed by atoms with van der Waals surface area (Å²) in [5.74, 6) is 0. The molecular weight excluding hydrogens is 414 g/mol. The Morgan fingerprint density at radius 3 is 1.40 bits per heavy atom. The first-order valence-electron chi connectivity index (χ1n) is 9.06. The maximum atomic E-state index is 13.0. The summed E-state index contributed by atoms with van der Waals surface area (Å²) in [6.07, 6.45) is -8.41. The zero-order valence-corrected chi connectivity index (χ0v) is 15.4. The van der Waals surface area contributed by atoms with E-state index >= 15 is 0 Å². The van der Waals surface area contributed by atoms with Gasteiger partial charge in [0.1, 0.15) is 0 Å². The Morgan fingerprint density at radius 1 is 0.633 bits per heavy atom. The number of rotatable bonds is 7. The lowest BCUT2D eigenvalue weighted by molar-refractivity contribution is -0.166. The Bertz CT molecular complexity index is 812. The van der Waals surface area contributed by atoms with Crippen molar-refractivity contribution in [3.8, 4) is 0 Å². The highest BCUT2D eigenvalue weighted by molar-refractivity contribution is 5.34. The van der Waals surface area contributed by atoms with Crippen molar-refractivity contribution in [3.05, 3.63) is 70.8 Å². The van der Waals surface area contributed by atoms with Crippen molar-refractivity contribution in [2.24, 2.45) is 0 Å². The highest BCUT2D eigenvalue weighted by Gasteiger charge is 2.66. The second-order valence-corrected chi connectivity index (χ2v) is 7.19. The Kier molecular flexibility index (Phi) is 5.06. The van der Waals surface area contributed by atoms with Crippen LogP contribution in [-0.4, -0.2) is 19.0 Å². The van der Waals surface area contributed by atoms with E-state index in [0.29, 0.717) is 18.6 Å². The first kappa shape index (κ1) is 21.1. The van der Waals surface area contributed by atoms with Crippen molar-refractivity contribution in [3.63, 3.8) is 0 Å². The first-order chi connectivity index (χ1) is 14.1. The molecule has 2 heterocycles. The molecule has 0 radical (unpaired) electrons. The van der Waals surface area contributed by atoms with Crippen LogP contribution >= 0.6 is 0 Å². The summed E-state index contributed by atoms with van der Waals surface area (Å²) in [6, 6.07) is 11.9. The number of hydrogen-bond donors (Lipinski definition) is 4. The lowest BCUT2D eigenvalue weighted by Gasteiger charge is -2.16. The van der Waals surface area contributed by atoms with Gasteiger partial charge in [0, 0.05) is 0 Å². The predicted molar refractivity (Wildman–Crippen MR) is 94.3 cm³/mol. The summed E-state index contributed by atoms with van der Waals surface area (Å²) in [5.41, 5.74) is 5.89. The van der Waals surface area contributed by atoms with Crippen molar-refractivity contribution in [2.45, 2.75) is 36.7 Å². The third kappa shape index (κ3) is 3.79. The smallest absolute Gasteiger partial charge is 0.376 e. The fraction of sp³-hybridized carbons (Fsp3) is 0.368. The van der Waals surface area contributed by atoms with Crippen molar-refractivity contribution < 1.29 is 31.1 Å². The molecule has 4 rings (SSSR count). The first-order valence-corrected chi connectivity index (χ1v) is 9.06. The highest BCUT2D eigenvalue weighted by Crippen LogP contribution is 2.43. The molecular formula is C19H18F6N4O. The average molecular weight is 432 g/mol. The largest absolute Gasteiger partial charge is 0.426 e. The van der Waals surface area contributed by atoms with Crippen molar-refractivity contribution in [1.29, 1.82) is 0 Å². The van der Waals surface area contributed by atoms with Crippen LogP contribution in [0.15, 0.2) is 48.5 Å². The van der Waals surface area contributed by atoms with Crippen LogP contribution in [-0.2, 0) is 29.1 Å². The van der Waals surface area contributed by atoms with Crippen molar-refractivity contribution in [1.82, 2.24) is 21.7 Å². The molecule has 162 valence electrons. The van der Waals surface area contributed by atoms with Gasteiger partial charge in [-0.05, 0) is 28.7 Å². The fourth-order valence-corrected chi connectivity index (χ4v) is 3.18. The van der Waals surface area contributed by atoms with Gasteiger partial charge in [0.15, 0.2) is 0 Å². The average Bonchev–Trinajstić information content (AvgIpc) is 3.58. The zero-order valence-electron chi connectivity index (χ0n) is 15.4. The van der Waals surface area contributed by atoms with Gasteiger partial charge in [0.05, 0.1) is 13.2 Å². The second-order valence-electron chi connectivity index (χ2n) is 7.19. The van der Waals surface area contributed by atoms with Crippen LogP contribution < -0.4 is 21.7 Å². The third-order valence-electron chi connectivity index (χ3n) is 5.18. The van der Waals surface area contributed by atoms with E-state index in [9.17, 15) is 26.3 Å². The molecule has 0 saturated carbocycles. The van der Waals surface area contributed by atoms with E-state index in [0.717, 1.165) is 5.56 Å². The molecule has 0 spiro atoms. The molecule has 2 aliphatic heterocycles. The molecule has 0 amide bonds. The second kappa shape index (κ2) is 7.20. The van der Waals surface area contributed by atoms with Crippen LogP contribution in [0.1, 0.15) is 22.3 Å². The Balaban J connectivity index is 1.26. The molecule has 2 aromatic carbocycles. The summed E-state index contributed by atoms with van der Waals surface area (Å²) in [4.78, 5) is 0. The Labute approximate surface area is 167 Å². The van der Waals surface area contributed by atoms with E-state index in [2.05, 4.69) is 21.7 Å². The minimum Gasteiger partial charge on any atom is -0.376 e. The molecule has 4 N–H and O–H groups in total. The van der Waals surface area contributed by atoms with Gasteiger partial charge in [-0.1, -0.05) is 48.5 Å². The molecule has 2 saturated heterocycles. The van der Waals surface area contributed by atoms with Crippen LogP contribution in [0.5, 0.6) is 0 Å². The van der Waals surface area contributed by atoms with Crippen LogP contribution in [0.4, 0.5) is 26.3 Å². The molecule has 2 fully saturated rings. The summed E-state index contributed by atoms with van der Waals surface area (Å²) in [7, 11) is 0. The number of halogens is 6. The van der Waals surface area contributed by atoms with E-state index in [4.69, 9.17) is 4.74 Å². The molecule has 0 aliphatic carbocycles. The van der Waals surface area contributed by atoms with Gasteiger partial charge in [0.2, 0.25) is 11.3 Å². The topological polar surface area (TPSA) is 97.0 Å². The molecule has 5 nitrogen and oxygen atoms in total. The van der Waals surface area contributed by atoms with Crippen LogP contribution in [0.2, 0.25) is 0 Å². The predicted octanol–water partition coefficient (Wildman–Crippen LogP) is 3.09. The number of nitrogens with one attached hydrogen (secondary N) is 4. The van der Waals surface area contributed by atoms with Crippen LogP contribution in [0.25, 0.3) is 0 Å². The van der Waals surface area contributed by atoms with Gasteiger partial charge < -0.3 is 4.74 Å². The number of benzene rings is 2. The normalized spacial score (nSPS) is 19.5. The number of ether oxygens (including phenoxy) is 1. The molecule has 2 aromatic rings. The van der Waals surface area contributed by atoms with Gasteiger partial charge in [-0.3, -0.25) is 0 Å². The summed E-state index contributed by atoms with van der Waals surface area (Å²) >= 11 is 0. The monoisotopic (exact) mass is 432 g/mol. The minimum atomic E-state index is -4.45. The number of alkyl halides is 6. The summed E-state index contributed by atoms with van der Waals surface area (Å²) in [6.45, 7) is 0.529. The molecule has 30 heavy (non-hydrogen) atoms. The molecule has 0 unspecified atom stereocenters. The number of hydrazine groups is 2. The van der Waals surface area contributed by atoms with Gasteiger partial charge in [0.25, 0.3) is 0 Å². The standard InChI is InChI=1S/C19H18F6N4O/c20-18(21,22)16(26-27-16)14-5-1-12(2-6-14)9-10-30-11-13-3-7-15(8-4-13)17(28-29-17)19(23,24)25/h1-8,26-29H,9-11H2. The molecule has 0 bridgehead atoms. The quantitative estimate of drug-likeness (QED) is 0.306. The molecule has 0 aromatic heterocycles. The molecule has 2 aliphatic rings. The maximum absolute atomic E-state index is 13.0. The van der Waals surface area contributed by atoms with Gasteiger partial charge in [-0.25, -0.2) is 21.7 Å². The SMILES string of the molecule is FC(F)(F)C1(c2ccc(CCOCc3ccc(C4(C(F)(F)F)NN4)cc3)cc2)NN1. The van der Waals surface area contributed by atoms with Gasteiger partial charge in [-0.2, -0.15) is 26.3 Å². The molecule has 11 heteroatoms. The van der Waals surface area contributed by atoms with E-state index < -0.39 is 23.7 Å². The van der Waals surface area contributed by atoms with Crippen molar-refractivity contribution in [2.75, 3.05) is 6.61 Å². The zero-order chi connectivity index (χ0) is 21.6. The van der Waals surface area contributed by atoms with E-state index in [1.807, 2.05) is 0 Å². The van der Waals surface area contributed by atoms with Crippen LogP contribution in [0, 0.1) is 0 Å². The number of hydrogen-bond acceptors (Lipinski definition) is 5. The lowest BCUT2D eigenvalue weighted by atomic mass is 10.0. The molecule has 0 atom stereocenters. The van der Waals surface area contributed by atoms with Crippen molar-refractivity contribution >= 4 is 0 Å². The van der Waals surface area contributed by atoms with Gasteiger partial charge >= 0.3 is 12.4 Å². The van der Waals surface area contributed by atoms with Crippen LogP contribution in [0.3, 0.4) is 0 Å². The van der Waals surface area contributed by atoms with E-state index in [1.54, 1.807) is 24.3 Å². The third-order valence-corrected chi connectivity index (χ3v) is 5.18. The van der Waals surface area contributed by atoms with E-state index in [1.165, 1.54) is 24.3 Å². The summed E-state index contributed by atoms with van der Waals surface area (Å²) in [5, 5.41) is 0. The minimum absolute atomic E-state index is 0.0649. The maximum Gasteiger partial charge on any atom is 0.426 e. The highest BCUT2D eigenvalue weighted by atomic mass is 19.4. The Morgan fingerprint density at radius 2 is 1.03 bits per heavy atom. The lowest BCUT2D eigenvalue weighted by Crippen LogP contribution is -2.34.